The zero-order valence-electron chi connectivity index (χ0n) is 11.7. The van der Waals surface area contributed by atoms with Crippen LogP contribution in [0.1, 0.15) is 20.3 Å². The summed E-state index contributed by atoms with van der Waals surface area (Å²) in [5.74, 6) is 0.657. The molecule has 1 unspecified atom stereocenters. The summed E-state index contributed by atoms with van der Waals surface area (Å²) in [6, 6.07) is 0. The van der Waals surface area contributed by atoms with Gasteiger partial charge in [0.05, 0.1) is 5.92 Å². The number of nitrogens with zero attached hydrogens (tertiary/aromatic N) is 2. The normalized spacial score (nSPS) is 23.4. The molecule has 2 rings (SSSR count). The van der Waals surface area contributed by atoms with Crippen molar-refractivity contribution in [3.63, 3.8) is 0 Å². The summed E-state index contributed by atoms with van der Waals surface area (Å²) >= 11 is 0. The van der Waals surface area contributed by atoms with Crippen molar-refractivity contribution in [2.45, 2.75) is 20.3 Å². The topological polar surface area (TPSA) is 52.7 Å². The predicted octanol–water partition coefficient (Wildman–Crippen LogP) is 0.345. The van der Waals surface area contributed by atoms with Crippen LogP contribution in [0.25, 0.3) is 0 Å². The third kappa shape index (κ3) is 3.83. The van der Waals surface area contributed by atoms with Crippen molar-refractivity contribution in [2.24, 2.45) is 11.8 Å². The number of hydrogen-bond donors (Lipinski definition) is 1. The fourth-order valence-electron chi connectivity index (χ4n) is 2.64. The van der Waals surface area contributed by atoms with Gasteiger partial charge in [0.1, 0.15) is 0 Å². The Bertz CT molecular complexity index is 322. The first-order valence-corrected chi connectivity index (χ1v) is 6.88. The largest absolute Gasteiger partial charge is 0.339 e. The van der Waals surface area contributed by atoms with Gasteiger partial charge in [-0.05, 0) is 13.0 Å². The first kappa shape index (κ1) is 16.2. The zero-order valence-corrected chi connectivity index (χ0v) is 12.5. The number of hydrogen-bond acceptors (Lipinski definition) is 3. The van der Waals surface area contributed by atoms with E-state index in [-0.39, 0.29) is 36.1 Å². The second-order valence-electron chi connectivity index (χ2n) is 5.49. The molecule has 5 nitrogen and oxygen atoms in total. The summed E-state index contributed by atoms with van der Waals surface area (Å²) in [6.45, 7) is 8.34. The summed E-state index contributed by atoms with van der Waals surface area (Å²) in [5.41, 5.74) is 0. The summed E-state index contributed by atoms with van der Waals surface area (Å²) in [6.07, 6.45) is 0.948. The van der Waals surface area contributed by atoms with E-state index < -0.39 is 0 Å². The molecule has 2 aliphatic rings. The minimum atomic E-state index is 0. The standard InChI is InChI=1S/C13H23N3O2.ClH/c1-10(2)12(17)15-5-7-16(8-6-15)13(18)11-3-4-14-9-11;/h10-11,14H,3-9H2,1-2H3;1H. The maximum Gasteiger partial charge on any atom is 0.227 e. The third-order valence-corrected chi connectivity index (χ3v) is 3.81. The number of nitrogens with one attached hydrogen (secondary N) is 1. The number of piperazine rings is 1. The highest BCUT2D eigenvalue weighted by atomic mass is 35.5. The van der Waals surface area contributed by atoms with Crippen LogP contribution in [0, 0.1) is 11.8 Å². The van der Waals surface area contributed by atoms with Crippen LogP contribution in [0.15, 0.2) is 0 Å². The first-order chi connectivity index (χ1) is 8.59. The molecule has 1 N–H and O–H groups in total. The van der Waals surface area contributed by atoms with Crippen LogP contribution in [0.3, 0.4) is 0 Å². The van der Waals surface area contributed by atoms with Crippen molar-refractivity contribution in [1.82, 2.24) is 15.1 Å². The van der Waals surface area contributed by atoms with E-state index in [2.05, 4.69) is 5.32 Å². The lowest BCUT2D eigenvalue weighted by atomic mass is 10.1. The van der Waals surface area contributed by atoms with Crippen LogP contribution in [0.2, 0.25) is 0 Å². The summed E-state index contributed by atoms with van der Waals surface area (Å²) in [5, 5.41) is 3.22. The SMILES string of the molecule is CC(C)C(=O)N1CCN(C(=O)C2CCNC2)CC1.Cl. The van der Waals surface area contributed by atoms with Crippen LogP contribution in [-0.2, 0) is 9.59 Å². The molecule has 0 aromatic carbocycles. The number of rotatable bonds is 2. The fourth-order valence-corrected chi connectivity index (χ4v) is 2.64. The fraction of sp³-hybridized carbons (Fsp3) is 0.846. The molecule has 0 spiro atoms. The summed E-state index contributed by atoms with van der Waals surface area (Å²) in [7, 11) is 0. The number of carbonyl (C=O) groups is 2. The highest BCUT2D eigenvalue weighted by Gasteiger charge is 2.30. The third-order valence-electron chi connectivity index (χ3n) is 3.81. The molecule has 19 heavy (non-hydrogen) atoms. The van der Waals surface area contributed by atoms with Crippen molar-refractivity contribution in [3.8, 4) is 0 Å². The van der Waals surface area contributed by atoms with Gasteiger partial charge in [-0.15, -0.1) is 12.4 Å². The molecule has 0 radical (unpaired) electrons. The van der Waals surface area contributed by atoms with E-state index in [4.69, 9.17) is 0 Å². The van der Waals surface area contributed by atoms with Crippen molar-refractivity contribution in [2.75, 3.05) is 39.3 Å². The maximum absolute atomic E-state index is 12.2. The Balaban J connectivity index is 0.00000180. The average Bonchev–Trinajstić information content (AvgIpc) is 2.91. The van der Waals surface area contributed by atoms with Gasteiger partial charge in [-0.3, -0.25) is 9.59 Å². The van der Waals surface area contributed by atoms with Gasteiger partial charge in [0.25, 0.3) is 0 Å². The van der Waals surface area contributed by atoms with E-state index in [9.17, 15) is 9.59 Å². The Morgan fingerprint density at radius 2 is 1.68 bits per heavy atom. The summed E-state index contributed by atoms with van der Waals surface area (Å²) < 4.78 is 0. The highest BCUT2D eigenvalue weighted by molar-refractivity contribution is 5.85. The van der Waals surface area contributed by atoms with Gasteiger partial charge in [-0.1, -0.05) is 13.8 Å². The maximum atomic E-state index is 12.2. The van der Waals surface area contributed by atoms with Gasteiger partial charge in [-0.2, -0.15) is 0 Å². The molecule has 6 heteroatoms. The Morgan fingerprint density at radius 1 is 1.11 bits per heavy atom. The van der Waals surface area contributed by atoms with E-state index >= 15 is 0 Å². The van der Waals surface area contributed by atoms with E-state index in [1.165, 1.54) is 0 Å². The molecule has 2 saturated heterocycles. The van der Waals surface area contributed by atoms with Gasteiger partial charge < -0.3 is 15.1 Å². The quantitative estimate of drug-likeness (QED) is 0.798. The first-order valence-electron chi connectivity index (χ1n) is 6.88. The number of carbonyl (C=O) groups excluding carboxylic acids is 2. The van der Waals surface area contributed by atoms with Gasteiger partial charge in [0.15, 0.2) is 0 Å². The molecule has 2 amide bonds. The number of amides is 2. The molecule has 0 aromatic heterocycles. The monoisotopic (exact) mass is 289 g/mol. The van der Waals surface area contributed by atoms with Gasteiger partial charge >= 0.3 is 0 Å². The highest BCUT2D eigenvalue weighted by Crippen LogP contribution is 2.14. The van der Waals surface area contributed by atoms with Crippen molar-refractivity contribution < 1.29 is 9.59 Å². The average molecular weight is 290 g/mol. The van der Waals surface area contributed by atoms with Crippen molar-refractivity contribution in [3.05, 3.63) is 0 Å². The van der Waals surface area contributed by atoms with Crippen molar-refractivity contribution in [1.29, 1.82) is 0 Å². The van der Waals surface area contributed by atoms with Gasteiger partial charge in [0.2, 0.25) is 11.8 Å². The second kappa shape index (κ2) is 7.10. The minimum absolute atomic E-state index is 0. The van der Waals surface area contributed by atoms with E-state index in [0.717, 1.165) is 19.5 Å². The second-order valence-corrected chi connectivity index (χ2v) is 5.49. The Hall–Kier alpha value is -0.810. The lowest BCUT2D eigenvalue weighted by Gasteiger charge is -2.36. The van der Waals surface area contributed by atoms with E-state index in [1.54, 1.807) is 0 Å². The Labute approximate surface area is 121 Å². The molecule has 110 valence electrons. The lowest BCUT2D eigenvalue weighted by Crippen LogP contribution is -2.52. The Kier molecular flexibility index (Phi) is 6.07. The molecular formula is C13H24ClN3O2. The zero-order chi connectivity index (χ0) is 13.1. The molecule has 1 atom stereocenters. The van der Waals surface area contributed by atoms with Crippen LogP contribution >= 0.6 is 12.4 Å². The Morgan fingerprint density at radius 3 is 2.16 bits per heavy atom. The van der Waals surface area contributed by atoms with Crippen LogP contribution in [0.5, 0.6) is 0 Å². The lowest BCUT2D eigenvalue weighted by molar-refractivity contribution is -0.143. The molecule has 0 aliphatic carbocycles. The van der Waals surface area contributed by atoms with Crippen LogP contribution in [-0.4, -0.2) is 60.9 Å². The molecule has 2 heterocycles. The molecule has 2 aliphatic heterocycles. The molecule has 2 fully saturated rings. The summed E-state index contributed by atoms with van der Waals surface area (Å²) in [4.78, 5) is 27.8. The minimum Gasteiger partial charge on any atom is -0.339 e. The van der Waals surface area contributed by atoms with Crippen LogP contribution < -0.4 is 5.32 Å². The molecule has 0 saturated carbocycles. The van der Waals surface area contributed by atoms with Gasteiger partial charge in [-0.25, -0.2) is 0 Å². The smallest absolute Gasteiger partial charge is 0.227 e. The van der Waals surface area contributed by atoms with E-state index in [1.807, 2.05) is 23.6 Å². The number of halogens is 1. The van der Waals surface area contributed by atoms with Gasteiger partial charge in [0, 0.05) is 38.6 Å². The molecule has 0 aromatic rings. The molecule has 0 bridgehead atoms. The molecular weight excluding hydrogens is 266 g/mol. The van der Waals surface area contributed by atoms with Crippen molar-refractivity contribution >= 4 is 24.2 Å². The van der Waals surface area contributed by atoms with Crippen LogP contribution in [0.4, 0.5) is 0 Å². The van der Waals surface area contributed by atoms with E-state index in [0.29, 0.717) is 26.2 Å². The predicted molar refractivity (Wildman–Crippen MR) is 76.2 cm³/mol.